The normalized spacial score (nSPS) is 12.2. The lowest BCUT2D eigenvalue weighted by atomic mass is 10.1. The van der Waals surface area contributed by atoms with Gasteiger partial charge in [-0.2, -0.15) is 0 Å². The molecule has 0 aromatic carbocycles. The summed E-state index contributed by atoms with van der Waals surface area (Å²) in [6, 6.07) is 0. The summed E-state index contributed by atoms with van der Waals surface area (Å²) in [5, 5.41) is 0. The standard InChI is InChI=1S/C34H66NO3/c1-5-7-9-11-13-15-17-19-21-23-25-27-31-37-32-29-35(3,4)30-33-38-34(36)28-26-24-22-20-18-16-14-12-10-8-6-2/h11-14H,5-10,15-33H2,1-4H3/q+1/b13-11+,14-12+. The third-order valence-corrected chi connectivity index (χ3v) is 7.24. The van der Waals surface area contributed by atoms with E-state index in [1.807, 2.05) is 0 Å². The predicted molar refractivity (Wildman–Crippen MR) is 166 cm³/mol. The molecule has 0 aromatic heterocycles. The Morgan fingerprint density at radius 3 is 1.55 bits per heavy atom. The molecule has 0 aliphatic heterocycles. The number of ether oxygens (including phenoxy) is 2. The van der Waals surface area contributed by atoms with E-state index in [4.69, 9.17) is 9.47 Å². The minimum Gasteiger partial charge on any atom is -0.460 e. The van der Waals surface area contributed by atoms with Crippen molar-refractivity contribution in [2.75, 3.05) is 47.0 Å². The average Bonchev–Trinajstić information content (AvgIpc) is 2.89. The highest BCUT2D eigenvalue weighted by atomic mass is 16.5. The number of quaternary nitrogens is 1. The van der Waals surface area contributed by atoms with E-state index in [0.29, 0.717) is 13.0 Å². The van der Waals surface area contributed by atoms with E-state index in [1.54, 1.807) is 0 Å². The molecule has 0 heterocycles. The second-order valence-electron chi connectivity index (χ2n) is 11.7. The largest absolute Gasteiger partial charge is 0.460 e. The fourth-order valence-electron chi connectivity index (χ4n) is 4.35. The van der Waals surface area contributed by atoms with Gasteiger partial charge < -0.3 is 14.0 Å². The molecule has 224 valence electrons. The van der Waals surface area contributed by atoms with Gasteiger partial charge in [-0.1, -0.05) is 109 Å². The Balaban J connectivity index is 3.46. The molecule has 0 saturated carbocycles. The van der Waals surface area contributed by atoms with E-state index in [2.05, 4.69) is 52.2 Å². The van der Waals surface area contributed by atoms with Crippen LogP contribution < -0.4 is 0 Å². The first-order valence-electron chi connectivity index (χ1n) is 16.4. The highest BCUT2D eigenvalue weighted by Gasteiger charge is 2.15. The molecule has 0 amide bonds. The molecule has 0 aliphatic rings. The lowest BCUT2D eigenvalue weighted by molar-refractivity contribution is -0.890. The van der Waals surface area contributed by atoms with Crippen molar-refractivity contribution in [2.45, 2.75) is 142 Å². The van der Waals surface area contributed by atoms with E-state index < -0.39 is 0 Å². The van der Waals surface area contributed by atoms with Gasteiger partial charge in [0, 0.05) is 13.0 Å². The first-order valence-corrected chi connectivity index (χ1v) is 16.4. The summed E-state index contributed by atoms with van der Waals surface area (Å²) in [5.74, 6) is -0.0384. The highest BCUT2D eigenvalue weighted by molar-refractivity contribution is 5.69. The number of hydrogen-bond donors (Lipinski definition) is 0. The molecule has 0 bridgehead atoms. The van der Waals surface area contributed by atoms with E-state index in [9.17, 15) is 4.79 Å². The number of carbonyl (C=O) groups is 1. The lowest BCUT2D eigenvalue weighted by Gasteiger charge is -2.29. The molecule has 0 atom stereocenters. The molecule has 0 N–H and O–H groups in total. The molecule has 4 nitrogen and oxygen atoms in total. The summed E-state index contributed by atoms with van der Waals surface area (Å²) in [7, 11) is 4.38. The van der Waals surface area contributed by atoms with E-state index in [0.717, 1.165) is 50.0 Å². The number of nitrogens with zero attached hydrogens (tertiary/aromatic N) is 1. The molecular weight excluding hydrogens is 470 g/mol. The molecule has 0 saturated heterocycles. The van der Waals surface area contributed by atoms with Crippen LogP contribution in [0.4, 0.5) is 0 Å². The number of hydrogen-bond acceptors (Lipinski definition) is 3. The summed E-state index contributed by atoms with van der Waals surface area (Å²) in [5.41, 5.74) is 0. The van der Waals surface area contributed by atoms with E-state index in [-0.39, 0.29) is 5.97 Å². The van der Waals surface area contributed by atoms with E-state index in [1.165, 1.54) is 103 Å². The smallest absolute Gasteiger partial charge is 0.305 e. The molecule has 0 aliphatic carbocycles. The van der Waals surface area contributed by atoms with Gasteiger partial charge in [0.15, 0.2) is 0 Å². The van der Waals surface area contributed by atoms with Crippen LogP contribution in [-0.2, 0) is 14.3 Å². The van der Waals surface area contributed by atoms with Crippen LogP contribution >= 0.6 is 0 Å². The Morgan fingerprint density at radius 1 is 0.553 bits per heavy atom. The second-order valence-corrected chi connectivity index (χ2v) is 11.7. The minimum atomic E-state index is -0.0384. The van der Waals surface area contributed by atoms with Gasteiger partial charge in [0.25, 0.3) is 0 Å². The monoisotopic (exact) mass is 537 g/mol. The Hall–Kier alpha value is -1.13. The number of unbranched alkanes of at least 4 members (excludes halogenated alkanes) is 15. The number of rotatable bonds is 29. The summed E-state index contributed by atoms with van der Waals surface area (Å²) in [4.78, 5) is 12.0. The molecule has 0 radical (unpaired) electrons. The van der Waals surface area contributed by atoms with Gasteiger partial charge in [0.05, 0.1) is 20.7 Å². The van der Waals surface area contributed by atoms with Crippen molar-refractivity contribution < 1.29 is 18.8 Å². The number of likely N-dealkylation sites (N-methyl/N-ethyl adjacent to an activating group) is 1. The summed E-state index contributed by atoms with van der Waals surface area (Å²) in [6.45, 7) is 8.43. The zero-order valence-electron chi connectivity index (χ0n) is 26.2. The fraction of sp³-hybridized carbons (Fsp3) is 0.853. The lowest BCUT2D eigenvalue weighted by Crippen LogP contribution is -2.45. The van der Waals surface area contributed by atoms with Gasteiger partial charge in [0.2, 0.25) is 0 Å². The zero-order valence-corrected chi connectivity index (χ0v) is 26.2. The summed E-state index contributed by atoms with van der Waals surface area (Å²) >= 11 is 0. The van der Waals surface area contributed by atoms with Crippen LogP contribution in [0.2, 0.25) is 0 Å². The molecule has 0 unspecified atom stereocenters. The summed E-state index contributed by atoms with van der Waals surface area (Å²) in [6.07, 6.45) is 33.7. The van der Waals surface area contributed by atoms with Crippen LogP contribution in [0.3, 0.4) is 0 Å². The topological polar surface area (TPSA) is 35.5 Å². The number of esters is 1. The Bertz CT molecular complexity index is 556. The van der Waals surface area contributed by atoms with Crippen molar-refractivity contribution in [1.29, 1.82) is 0 Å². The Labute approximate surface area is 238 Å². The quantitative estimate of drug-likeness (QED) is 0.0413. The molecule has 4 heteroatoms. The van der Waals surface area contributed by atoms with Gasteiger partial charge in [0.1, 0.15) is 19.7 Å². The SMILES string of the molecule is CCCC/C=C/CCCCCCCCOCC[N+](C)(C)CCOC(=O)CCCCCCC/C=C/CCCC. The summed E-state index contributed by atoms with van der Waals surface area (Å²) < 4.78 is 12.2. The van der Waals surface area contributed by atoms with Crippen LogP contribution in [-0.4, -0.2) is 57.5 Å². The van der Waals surface area contributed by atoms with Crippen molar-refractivity contribution in [3.05, 3.63) is 24.3 Å². The molecule has 38 heavy (non-hydrogen) atoms. The van der Waals surface area contributed by atoms with Crippen molar-refractivity contribution in [3.8, 4) is 0 Å². The van der Waals surface area contributed by atoms with Crippen LogP contribution in [0.5, 0.6) is 0 Å². The van der Waals surface area contributed by atoms with Gasteiger partial charge >= 0.3 is 5.97 Å². The highest BCUT2D eigenvalue weighted by Crippen LogP contribution is 2.10. The number of carbonyl (C=O) groups excluding carboxylic acids is 1. The Kier molecular flexibility index (Phi) is 28.0. The van der Waals surface area contributed by atoms with Gasteiger partial charge in [-0.05, 0) is 51.4 Å². The van der Waals surface area contributed by atoms with Crippen molar-refractivity contribution in [3.63, 3.8) is 0 Å². The van der Waals surface area contributed by atoms with Crippen LogP contribution in [0, 0.1) is 0 Å². The maximum Gasteiger partial charge on any atom is 0.305 e. The minimum absolute atomic E-state index is 0.0384. The van der Waals surface area contributed by atoms with Gasteiger partial charge in [-0.3, -0.25) is 4.79 Å². The third-order valence-electron chi connectivity index (χ3n) is 7.24. The van der Waals surface area contributed by atoms with Crippen molar-refractivity contribution >= 4 is 5.97 Å². The van der Waals surface area contributed by atoms with Gasteiger partial charge in [-0.15, -0.1) is 0 Å². The second kappa shape index (κ2) is 28.9. The van der Waals surface area contributed by atoms with Crippen molar-refractivity contribution in [1.82, 2.24) is 0 Å². The molecule has 0 fully saturated rings. The molecular formula is C34H66NO3+. The van der Waals surface area contributed by atoms with Crippen LogP contribution in [0.15, 0.2) is 24.3 Å². The zero-order chi connectivity index (χ0) is 28.0. The van der Waals surface area contributed by atoms with Gasteiger partial charge in [-0.25, -0.2) is 0 Å². The molecule has 0 spiro atoms. The molecule has 0 aromatic rings. The van der Waals surface area contributed by atoms with E-state index >= 15 is 0 Å². The third kappa shape index (κ3) is 29.4. The Morgan fingerprint density at radius 2 is 1.00 bits per heavy atom. The maximum absolute atomic E-state index is 12.0. The predicted octanol–water partition coefficient (Wildman–Crippen LogP) is 9.58. The number of allylic oxidation sites excluding steroid dienone is 4. The van der Waals surface area contributed by atoms with Crippen molar-refractivity contribution in [2.24, 2.45) is 0 Å². The van der Waals surface area contributed by atoms with Crippen LogP contribution in [0.25, 0.3) is 0 Å². The first kappa shape index (κ1) is 36.9. The average molecular weight is 537 g/mol. The molecule has 0 rings (SSSR count). The fourth-order valence-corrected chi connectivity index (χ4v) is 4.35. The van der Waals surface area contributed by atoms with Crippen LogP contribution in [0.1, 0.15) is 142 Å². The first-order chi connectivity index (χ1) is 18.5. The maximum atomic E-state index is 12.0.